The summed E-state index contributed by atoms with van der Waals surface area (Å²) in [6.45, 7) is 4.25. The van der Waals surface area contributed by atoms with Crippen LogP contribution in [0.3, 0.4) is 0 Å². The van der Waals surface area contributed by atoms with Crippen LogP contribution < -0.4 is 10.6 Å². The normalized spacial score (nSPS) is 10.9. The van der Waals surface area contributed by atoms with Crippen molar-refractivity contribution in [2.45, 2.75) is 20.0 Å². The molecule has 0 radical (unpaired) electrons. The first kappa shape index (κ1) is 20.0. The van der Waals surface area contributed by atoms with Gasteiger partial charge in [-0.2, -0.15) is 5.10 Å². The van der Waals surface area contributed by atoms with Crippen LogP contribution in [0, 0.1) is 6.92 Å². The number of benzene rings is 2. The minimum atomic E-state index is 0. The highest BCUT2D eigenvalue weighted by atomic mass is 127. The molecule has 1 aromatic heterocycles. The molecule has 26 heavy (non-hydrogen) atoms. The van der Waals surface area contributed by atoms with E-state index in [1.165, 1.54) is 11.1 Å². The molecule has 0 bridgehead atoms. The number of aliphatic imine (C=N–C) groups is 1. The summed E-state index contributed by atoms with van der Waals surface area (Å²) in [6, 6.07) is 20.4. The van der Waals surface area contributed by atoms with Crippen molar-refractivity contribution in [2.75, 3.05) is 11.9 Å². The van der Waals surface area contributed by atoms with Gasteiger partial charge in [-0.05, 0) is 30.7 Å². The number of nitrogens with zero attached hydrogens (tertiary/aromatic N) is 3. The van der Waals surface area contributed by atoms with E-state index in [4.69, 9.17) is 4.99 Å². The number of aromatic nitrogens is 2. The van der Waals surface area contributed by atoms with Crippen molar-refractivity contribution in [2.24, 2.45) is 4.99 Å². The molecule has 6 heteroatoms. The van der Waals surface area contributed by atoms with E-state index < -0.39 is 0 Å². The topological polar surface area (TPSA) is 54.2 Å². The van der Waals surface area contributed by atoms with Crippen molar-refractivity contribution >= 4 is 35.6 Å². The summed E-state index contributed by atoms with van der Waals surface area (Å²) in [6.07, 6.45) is 3.74. The van der Waals surface area contributed by atoms with Crippen LogP contribution >= 0.6 is 24.0 Å². The van der Waals surface area contributed by atoms with Crippen molar-refractivity contribution in [1.82, 2.24) is 15.1 Å². The monoisotopic (exact) mass is 461 g/mol. The number of guanidine groups is 1. The second-order valence-corrected chi connectivity index (χ2v) is 5.84. The van der Waals surface area contributed by atoms with Gasteiger partial charge in [0, 0.05) is 24.6 Å². The van der Waals surface area contributed by atoms with E-state index in [9.17, 15) is 0 Å². The van der Waals surface area contributed by atoms with E-state index in [-0.39, 0.29) is 24.0 Å². The fourth-order valence-corrected chi connectivity index (χ4v) is 2.38. The molecule has 1 heterocycles. The van der Waals surface area contributed by atoms with Gasteiger partial charge in [-0.1, -0.05) is 48.0 Å². The number of hydrogen-bond donors (Lipinski definition) is 2. The molecule has 0 unspecified atom stereocenters. The summed E-state index contributed by atoms with van der Waals surface area (Å²) in [5.41, 5.74) is 3.45. The molecule has 0 fully saturated rings. The summed E-state index contributed by atoms with van der Waals surface area (Å²) in [7, 11) is 0. The molecular formula is C20H24IN5. The van der Waals surface area contributed by atoms with Crippen LogP contribution in [-0.2, 0) is 13.1 Å². The fourth-order valence-electron chi connectivity index (χ4n) is 2.38. The summed E-state index contributed by atoms with van der Waals surface area (Å²) < 4.78 is 1.90. The number of rotatable bonds is 6. The standard InChI is InChI=1S/C20H23N5.HI/c1-17-8-10-18(11-9-17)16-22-20(24-19-6-3-2-4-7-19)21-13-15-25-14-5-12-23-25;/h2-12,14H,13,15-16H2,1H3,(H2,21,22,24);1H. The van der Waals surface area contributed by atoms with Gasteiger partial charge in [0.25, 0.3) is 0 Å². The van der Waals surface area contributed by atoms with Crippen LogP contribution in [0.15, 0.2) is 78.0 Å². The summed E-state index contributed by atoms with van der Waals surface area (Å²) in [5, 5.41) is 10.9. The quantitative estimate of drug-likeness (QED) is 0.331. The van der Waals surface area contributed by atoms with Crippen LogP contribution in [0.4, 0.5) is 5.69 Å². The minimum Gasteiger partial charge on any atom is -0.354 e. The SMILES string of the molecule is Cc1ccc(CN=C(NCCn2cccn2)Nc2ccccc2)cc1.I. The van der Waals surface area contributed by atoms with Gasteiger partial charge in [0.2, 0.25) is 0 Å². The Labute approximate surface area is 171 Å². The molecule has 0 atom stereocenters. The molecule has 2 aromatic carbocycles. The van der Waals surface area contributed by atoms with Gasteiger partial charge in [-0.15, -0.1) is 24.0 Å². The Bertz CT molecular complexity index is 783. The van der Waals surface area contributed by atoms with Gasteiger partial charge in [0.1, 0.15) is 0 Å². The molecule has 2 N–H and O–H groups in total. The van der Waals surface area contributed by atoms with E-state index in [2.05, 4.69) is 46.9 Å². The summed E-state index contributed by atoms with van der Waals surface area (Å²) in [5.74, 6) is 0.763. The number of nitrogens with one attached hydrogen (secondary N) is 2. The van der Waals surface area contributed by atoms with Crippen molar-refractivity contribution in [1.29, 1.82) is 0 Å². The lowest BCUT2D eigenvalue weighted by molar-refractivity contribution is 0.602. The molecule has 0 spiro atoms. The second-order valence-electron chi connectivity index (χ2n) is 5.84. The van der Waals surface area contributed by atoms with Crippen molar-refractivity contribution in [3.63, 3.8) is 0 Å². The predicted molar refractivity (Wildman–Crippen MR) is 118 cm³/mol. The van der Waals surface area contributed by atoms with Gasteiger partial charge in [-0.25, -0.2) is 4.99 Å². The predicted octanol–water partition coefficient (Wildman–Crippen LogP) is 4.07. The molecule has 5 nitrogen and oxygen atoms in total. The fraction of sp³-hybridized carbons (Fsp3) is 0.200. The summed E-state index contributed by atoms with van der Waals surface area (Å²) in [4.78, 5) is 4.70. The number of para-hydroxylation sites is 1. The van der Waals surface area contributed by atoms with Crippen LogP contribution in [-0.4, -0.2) is 22.3 Å². The Morgan fingerprint density at radius 3 is 2.50 bits per heavy atom. The number of aryl methyl sites for hydroxylation is 1. The molecule has 0 saturated carbocycles. The van der Waals surface area contributed by atoms with E-state index in [0.29, 0.717) is 6.54 Å². The van der Waals surface area contributed by atoms with Gasteiger partial charge in [-0.3, -0.25) is 4.68 Å². The van der Waals surface area contributed by atoms with Crippen LogP contribution in [0.25, 0.3) is 0 Å². The van der Waals surface area contributed by atoms with E-state index >= 15 is 0 Å². The minimum absolute atomic E-state index is 0. The smallest absolute Gasteiger partial charge is 0.196 e. The molecule has 0 amide bonds. The highest BCUT2D eigenvalue weighted by Gasteiger charge is 2.01. The lowest BCUT2D eigenvalue weighted by Gasteiger charge is -2.13. The molecule has 0 saturated heterocycles. The maximum absolute atomic E-state index is 4.70. The Kier molecular flexibility index (Phi) is 8.14. The number of anilines is 1. The number of halogens is 1. The summed E-state index contributed by atoms with van der Waals surface area (Å²) >= 11 is 0. The van der Waals surface area contributed by atoms with Crippen molar-refractivity contribution in [3.05, 3.63) is 84.2 Å². The van der Waals surface area contributed by atoms with Crippen LogP contribution in [0.5, 0.6) is 0 Å². The van der Waals surface area contributed by atoms with Crippen molar-refractivity contribution in [3.8, 4) is 0 Å². The van der Waals surface area contributed by atoms with Gasteiger partial charge in [0.05, 0.1) is 13.1 Å². The molecule has 3 aromatic rings. The maximum Gasteiger partial charge on any atom is 0.196 e. The first-order valence-corrected chi connectivity index (χ1v) is 8.43. The largest absolute Gasteiger partial charge is 0.354 e. The third kappa shape index (κ3) is 6.51. The van der Waals surface area contributed by atoms with Crippen LogP contribution in [0.1, 0.15) is 11.1 Å². The Hall–Kier alpha value is -2.35. The zero-order valence-corrected chi connectivity index (χ0v) is 17.1. The molecule has 3 rings (SSSR count). The first-order valence-electron chi connectivity index (χ1n) is 8.43. The van der Waals surface area contributed by atoms with Gasteiger partial charge >= 0.3 is 0 Å². The Morgan fingerprint density at radius 2 is 1.81 bits per heavy atom. The van der Waals surface area contributed by atoms with Crippen LogP contribution in [0.2, 0.25) is 0 Å². The number of hydrogen-bond acceptors (Lipinski definition) is 2. The van der Waals surface area contributed by atoms with E-state index in [1.807, 2.05) is 47.3 Å². The van der Waals surface area contributed by atoms with Gasteiger partial charge < -0.3 is 10.6 Å². The zero-order chi connectivity index (χ0) is 17.3. The Balaban J connectivity index is 0.00000243. The molecular weight excluding hydrogens is 437 g/mol. The third-order valence-corrected chi connectivity index (χ3v) is 3.77. The highest BCUT2D eigenvalue weighted by molar-refractivity contribution is 14.0. The molecule has 0 aliphatic heterocycles. The third-order valence-electron chi connectivity index (χ3n) is 3.77. The Morgan fingerprint density at radius 1 is 1.04 bits per heavy atom. The maximum atomic E-state index is 4.70. The highest BCUT2D eigenvalue weighted by Crippen LogP contribution is 2.07. The van der Waals surface area contributed by atoms with E-state index in [1.54, 1.807) is 6.20 Å². The second kappa shape index (κ2) is 10.6. The van der Waals surface area contributed by atoms with E-state index in [0.717, 1.165) is 24.7 Å². The first-order chi connectivity index (χ1) is 12.3. The lowest BCUT2D eigenvalue weighted by atomic mass is 10.1. The molecule has 0 aliphatic rings. The zero-order valence-electron chi connectivity index (χ0n) is 14.8. The average molecular weight is 461 g/mol. The van der Waals surface area contributed by atoms with Gasteiger partial charge in [0.15, 0.2) is 5.96 Å². The lowest BCUT2D eigenvalue weighted by Crippen LogP contribution is -2.33. The molecule has 136 valence electrons. The van der Waals surface area contributed by atoms with Crippen molar-refractivity contribution < 1.29 is 0 Å². The average Bonchev–Trinajstić information content (AvgIpc) is 3.15. The molecule has 0 aliphatic carbocycles.